The first kappa shape index (κ1) is 16.3. The second-order valence-electron chi connectivity index (χ2n) is 4.53. The van der Waals surface area contributed by atoms with Gasteiger partial charge in [-0.25, -0.2) is 9.59 Å². The molecule has 0 spiro atoms. The molecule has 2 N–H and O–H groups in total. The number of carbonyl (C=O) groups excluding carboxylic acids is 2. The molecule has 116 valence electrons. The summed E-state index contributed by atoms with van der Waals surface area (Å²) in [6.45, 7) is 1.88. The van der Waals surface area contributed by atoms with Gasteiger partial charge in [-0.05, 0) is 43.3 Å². The maximum atomic E-state index is 11.9. The highest BCUT2D eigenvalue weighted by Gasteiger charge is 2.12. The van der Waals surface area contributed by atoms with Crippen LogP contribution in [-0.2, 0) is 4.74 Å². The molecular formula is C15H15ClN2O3S. The van der Waals surface area contributed by atoms with E-state index in [1.165, 1.54) is 18.4 Å². The van der Waals surface area contributed by atoms with Crippen LogP contribution in [0.25, 0.3) is 0 Å². The fourth-order valence-electron chi connectivity index (χ4n) is 1.80. The van der Waals surface area contributed by atoms with Crippen LogP contribution in [0.4, 0.5) is 10.5 Å². The van der Waals surface area contributed by atoms with Gasteiger partial charge in [-0.15, -0.1) is 11.3 Å². The lowest BCUT2D eigenvalue weighted by Gasteiger charge is -2.13. The SMILES string of the molecule is COC(=O)c1ccc(NC(=O)N[C@@H](C)c2ccc(Cl)s2)cc1. The molecule has 0 bridgehead atoms. The smallest absolute Gasteiger partial charge is 0.337 e. The van der Waals surface area contributed by atoms with Gasteiger partial charge in [0.2, 0.25) is 0 Å². The number of hydrogen-bond donors (Lipinski definition) is 2. The first-order chi connectivity index (χ1) is 10.5. The summed E-state index contributed by atoms with van der Waals surface area (Å²) >= 11 is 7.30. The van der Waals surface area contributed by atoms with E-state index in [2.05, 4.69) is 15.4 Å². The Hall–Kier alpha value is -2.05. The Labute approximate surface area is 137 Å². The van der Waals surface area contributed by atoms with Crippen LogP contribution in [0.2, 0.25) is 4.34 Å². The molecule has 1 aromatic carbocycles. The number of esters is 1. The Balaban J connectivity index is 1.93. The van der Waals surface area contributed by atoms with Crippen LogP contribution in [0.15, 0.2) is 36.4 Å². The molecule has 0 unspecified atom stereocenters. The van der Waals surface area contributed by atoms with E-state index in [4.69, 9.17) is 11.6 Å². The number of carbonyl (C=O) groups is 2. The summed E-state index contributed by atoms with van der Waals surface area (Å²) in [5, 5.41) is 5.52. The molecule has 0 saturated heterocycles. The summed E-state index contributed by atoms with van der Waals surface area (Å²) in [5.41, 5.74) is 1.01. The first-order valence-electron chi connectivity index (χ1n) is 6.50. The number of nitrogens with one attached hydrogen (secondary N) is 2. The van der Waals surface area contributed by atoms with E-state index in [1.54, 1.807) is 30.3 Å². The summed E-state index contributed by atoms with van der Waals surface area (Å²) in [7, 11) is 1.32. The summed E-state index contributed by atoms with van der Waals surface area (Å²) in [6, 6.07) is 9.65. The van der Waals surface area contributed by atoms with Crippen molar-refractivity contribution in [1.82, 2.24) is 5.32 Å². The number of anilines is 1. The Morgan fingerprint density at radius 1 is 1.18 bits per heavy atom. The fraction of sp³-hybridized carbons (Fsp3) is 0.200. The van der Waals surface area contributed by atoms with Gasteiger partial charge >= 0.3 is 12.0 Å². The number of urea groups is 1. The van der Waals surface area contributed by atoms with Crippen molar-refractivity contribution in [1.29, 1.82) is 0 Å². The van der Waals surface area contributed by atoms with Crippen molar-refractivity contribution in [3.05, 3.63) is 51.2 Å². The zero-order valence-electron chi connectivity index (χ0n) is 12.1. The monoisotopic (exact) mass is 338 g/mol. The largest absolute Gasteiger partial charge is 0.465 e. The molecule has 0 radical (unpaired) electrons. The minimum atomic E-state index is -0.417. The van der Waals surface area contributed by atoms with Crippen LogP contribution in [0, 0.1) is 0 Å². The van der Waals surface area contributed by atoms with E-state index in [-0.39, 0.29) is 12.1 Å². The standard InChI is InChI=1S/C15H15ClN2O3S/c1-9(12-7-8-13(16)22-12)17-15(20)18-11-5-3-10(4-6-11)14(19)21-2/h3-9H,1-2H3,(H2,17,18,20)/t9-/m0/s1. The van der Waals surface area contributed by atoms with Crippen LogP contribution >= 0.6 is 22.9 Å². The van der Waals surface area contributed by atoms with Gasteiger partial charge in [0.1, 0.15) is 0 Å². The van der Waals surface area contributed by atoms with Crippen LogP contribution < -0.4 is 10.6 Å². The quantitative estimate of drug-likeness (QED) is 0.826. The summed E-state index contributed by atoms with van der Waals surface area (Å²) in [4.78, 5) is 24.2. The van der Waals surface area contributed by atoms with E-state index >= 15 is 0 Å². The van der Waals surface area contributed by atoms with Gasteiger partial charge in [0.05, 0.1) is 23.1 Å². The molecule has 1 aromatic heterocycles. The number of methoxy groups -OCH3 is 1. The highest BCUT2D eigenvalue weighted by atomic mass is 35.5. The molecule has 2 aromatic rings. The molecule has 0 aliphatic carbocycles. The molecule has 0 fully saturated rings. The molecule has 0 saturated carbocycles. The summed E-state index contributed by atoms with van der Waals surface area (Å²) < 4.78 is 5.30. The van der Waals surface area contributed by atoms with Gasteiger partial charge in [-0.3, -0.25) is 0 Å². The maximum absolute atomic E-state index is 11.9. The number of thiophene rings is 1. The Kier molecular flexibility index (Phi) is 5.41. The molecular weight excluding hydrogens is 324 g/mol. The van der Waals surface area contributed by atoms with Gasteiger partial charge in [-0.1, -0.05) is 11.6 Å². The van der Waals surface area contributed by atoms with E-state index in [0.29, 0.717) is 15.6 Å². The van der Waals surface area contributed by atoms with Gasteiger partial charge in [0.15, 0.2) is 0 Å². The lowest BCUT2D eigenvalue weighted by molar-refractivity contribution is 0.0601. The predicted molar refractivity (Wildman–Crippen MR) is 87.7 cm³/mol. The molecule has 2 rings (SSSR count). The molecule has 7 heteroatoms. The maximum Gasteiger partial charge on any atom is 0.337 e. The van der Waals surface area contributed by atoms with Crippen molar-refractivity contribution in [3.8, 4) is 0 Å². The van der Waals surface area contributed by atoms with Crippen molar-refractivity contribution in [3.63, 3.8) is 0 Å². The van der Waals surface area contributed by atoms with E-state index in [1.807, 2.05) is 13.0 Å². The Morgan fingerprint density at radius 3 is 2.41 bits per heavy atom. The van der Waals surface area contributed by atoms with Gasteiger partial charge in [-0.2, -0.15) is 0 Å². The zero-order chi connectivity index (χ0) is 16.1. The highest BCUT2D eigenvalue weighted by Crippen LogP contribution is 2.26. The minimum Gasteiger partial charge on any atom is -0.465 e. The fourth-order valence-corrected chi connectivity index (χ4v) is 2.87. The van der Waals surface area contributed by atoms with Crippen molar-refractivity contribution in [2.24, 2.45) is 0 Å². The molecule has 1 atom stereocenters. The number of amides is 2. The number of hydrogen-bond acceptors (Lipinski definition) is 4. The van der Waals surface area contributed by atoms with Gasteiger partial charge < -0.3 is 15.4 Å². The molecule has 5 nitrogen and oxygen atoms in total. The second kappa shape index (κ2) is 7.29. The number of ether oxygens (including phenoxy) is 1. The second-order valence-corrected chi connectivity index (χ2v) is 6.28. The van der Waals surface area contributed by atoms with E-state index in [0.717, 1.165) is 4.88 Å². The lowest BCUT2D eigenvalue weighted by atomic mass is 10.2. The third kappa shape index (κ3) is 4.22. The normalized spacial score (nSPS) is 11.6. The zero-order valence-corrected chi connectivity index (χ0v) is 13.6. The average Bonchev–Trinajstić information content (AvgIpc) is 2.94. The number of halogens is 1. The van der Waals surface area contributed by atoms with Gasteiger partial charge in [0.25, 0.3) is 0 Å². The molecule has 1 heterocycles. The van der Waals surface area contributed by atoms with E-state index < -0.39 is 5.97 Å². The topological polar surface area (TPSA) is 67.4 Å². The molecule has 0 aliphatic heterocycles. The Morgan fingerprint density at radius 2 is 1.86 bits per heavy atom. The predicted octanol–water partition coefficient (Wildman–Crippen LogP) is 4.07. The van der Waals surface area contributed by atoms with Crippen molar-refractivity contribution in [2.45, 2.75) is 13.0 Å². The summed E-state index contributed by atoms with van der Waals surface area (Å²) in [6.07, 6.45) is 0. The van der Waals surface area contributed by atoms with Crippen molar-refractivity contribution >= 4 is 40.6 Å². The average molecular weight is 339 g/mol. The first-order valence-corrected chi connectivity index (χ1v) is 7.70. The lowest BCUT2D eigenvalue weighted by Crippen LogP contribution is -2.30. The minimum absolute atomic E-state index is 0.146. The number of rotatable bonds is 4. The third-order valence-electron chi connectivity index (χ3n) is 2.93. The highest BCUT2D eigenvalue weighted by molar-refractivity contribution is 7.16. The molecule has 22 heavy (non-hydrogen) atoms. The number of benzene rings is 1. The van der Waals surface area contributed by atoms with Crippen LogP contribution in [0.5, 0.6) is 0 Å². The van der Waals surface area contributed by atoms with Gasteiger partial charge in [0, 0.05) is 10.6 Å². The van der Waals surface area contributed by atoms with Crippen LogP contribution in [0.1, 0.15) is 28.2 Å². The van der Waals surface area contributed by atoms with E-state index in [9.17, 15) is 9.59 Å². The molecule has 2 amide bonds. The molecule has 0 aliphatic rings. The van der Waals surface area contributed by atoms with Crippen molar-refractivity contribution < 1.29 is 14.3 Å². The summed E-state index contributed by atoms with van der Waals surface area (Å²) in [5.74, 6) is -0.417. The van der Waals surface area contributed by atoms with Crippen LogP contribution in [0.3, 0.4) is 0 Å². The van der Waals surface area contributed by atoms with Crippen LogP contribution in [-0.4, -0.2) is 19.1 Å². The Bertz CT molecular complexity index is 670. The third-order valence-corrected chi connectivity index (χ3v) is 4.35. The van der Waals surface area contributed by atoms with Crippen molar-refractivity contribution in [2.75, 3.05) is 12.4 Å².